The van der Waals surface area contributed by atoms with Gasteiger partial charge in [-0.25, -0.2) is 8.42 Å². The van der Waals surface area contributed by atoms with Crippen molar-refractivity contribution in [3.8, 4) is 5.75 Å². The maximum atomic E-state index is 13.8. The highest BCUT2D eigenvalue weighted by Gasteiger charge is 2.30. The minimum Gasteiger partial charge on any atom is -0.497 e. The van der Waals surface area contributed by atoms with Crippen LogP contribution in [0.5, 0.6) is 5.75 Å². The summed E-state index contributed by atoms with van der Waals surface area (Å²) in [5.41, 5.74) is 3.85. The fourth-order valence-electron chi connectivity index (χ4n) is 3.73. The van der Waals surface area contributed by atoms with Crippen LogP contribution >= 0.6 is 0 Å². The van der Waals surface area contributed by atoms with Crippen molar-refractivity contribution < 1.29 is 17.9 Å². The Morgan fingerprint density at radius 2 is 1.73 bits per heavy atom. The Morgan fingerprint density at radius 1 is 1.00 bits per heavy atom. The van der Waals surface area contributed by atoms with Crippen LogP contribution in [0.25, 0.3) is 5.70 Å². The van der Waals surface area contributed by atoms with E-state index in [-0.39, 0.29) is 18.0 Å². The van der Waals surface area contributed by atoms with Crippen molar-refractivity contribution in [2.75, 3.05) is 20.3 Å². The summed E-state index contributed by atoms with van der Waals surface area (Å²) in [6.07, 6.45) is 1.38. The third-order valence-corrected chi connectivity index (χ3v) is 7.29. The van der Waals surface area contributed by atoms with E-state index in [1.54, 1.807) is 31.4 Å². The van der Waals surface area contributed by atoms with Gasteiger partial charge in [0.25, 0.3) is 10.0 Å². The maximum absolute atomic E-state index is 13.8. The summed E-state index contributed by atoms with van der Waals surface area (Å²) in [4.78, 5) is 0.238. The first-order valence-corrected chi connectivity index (χ1v) is 12.1. The normalized spacial score (nSPS) is 18.7. The molecule has 0 amide bonds. The summed E-state index contributed by atoms with van der Waals surface area (Å²) in [7, 11) is -2.23. The molecule has 0 saturated heterocycles. The molecule has 6 heteroatoms. The first-order chi connectivity index (χ1) is 15.9. The van der Waals surface area contributed by atoms with Crippen molar-refractivity contribution in [2.24, 2.45) is 0 Å². The van der Waals surface area contributed by atoms with Gasteiger partial charge in [0.1, 0.15) is 11.9 Å². The van der Waals surface area contributed by atoms with E-state index in [0.29, 0.717) is 17.0 Å². The highest BCUT2D eigenvalue weighted by atomic mass is 32.2. The quantitative estimate of drug-likeness (QED) is 0.480. The smallest absolute Gasteiger partial charge is 0.264 e. The average molecular weight is 462 g/mol. The number of methoxy groups -OCH3 is 1. The Bertz CT molecular complexity index is 1260. The fourth-order valence-corrected chi connectivity index (χ4v) is 5.24. The molecule has 170 valence electrons. The predicted octanol–water partition coefficient (Wildman–Crippen LogP) is 5.36. The summed E-state index contributed by atoms with van der Waals surface area (Å²) in [6.45, 7) is 6.39. The molecule has 1 atom stereocenters. The maximum Gasteiger partial charge on any atom is 0.264 e. The first kappa shape index (κ1) is 22.8. The van der Waals surface area contributed by atoms with E-state index in [4.69, 9.17) is 9.47 Å². The third kappa shape index (κ3) is 5.02. The second-order valence-electron chi connectivity index (χ2n) is 8.00. The van der Waals surface area contributed by atoms with E-state index in [1.807, 2.05) is 67.6 Å². The number of benzene rings is 3. The Balaban J connectivity index is 1.89. The van der Waals surface area contributed by atoms with Crippen LogP contribution in [0.15, 0.2) is 102 Å². The van der Waals surface area contributed by atoms with Crippen molar-refractivity contribution in [3.63, 3.8) is 0 Å². The molecule has 0 bridgehead atoms. The fraction of sp³-hybridized carbons (Fsp3) is 0.185. The van der Waals surface area contributed by atoms with E-state index < -0.39 is 16.1 Å². The second kappa shape index (κ2) is 9.65. The minimum atomic E-state index is -3.84. The molecule has 1 aliphatic rings. The number of hydrogen-bond donors (Lipinski definition) is 0. The Hall–Kier alpha value is -3.35. The molecule has 1 aliphatic heterocycles. The van der Waals surface area contributed by atoms with Crippen LogP contribution in [-0.4, -0.2) is 33.0 Å². The number of rotatable bonds is 5. The van der Waals surface area contributed by atoms with E-state index >= 15 is 0 Å². The van der Waals surface area contributed by atoms with Gasteiger partial charge in [0.05, 0.1) is 30.9 Å². The van der Waals surface area contributed by atoms with Crippen LogP contribution in [0.3, 0.4) is 0 Å². The predicted molar refractivity (Wildman–Crippen MR) is 130 cm³/mol. The molecule has 0 spiro atoms. The largest absolute Gasteiger partial charge is 0.497 e. The Kier molecular flexibility index (Phi) is 6.67. The zero-order chi connectivity index (χ0) is 23.4. The summed E-state index contributed by atoms with van der Waals surface area (Å²) in [5.74, 6) is 0.704. The molecule has 1 heterocycles. The van der Waals surface area contributed by atoms with Crippen LogP contribution in [-0.2, 0) is 14.8 Å². The van der Waals surface area contributed by atoms with E-state index in [9.17, 15) is 8.42 Å². The lowest BCUT2D eigenvalue weighted by Gasteiger charge is -2.32. The Morgan fingerprint density at radius 3 is 2.42 bits per heavy atom. The lowest BCUT2D eigenvalue weighted by molar-refractivity contribution is 0.100. The standard InChI is InChI=1S/C27H27NO4S/c1-20-12-14-25(15-13-20)33(29,30)28-18-21(2)19-32-27(23-10-7-11-24(16-23)31-3)17-26(28)22-8-5-4-6-9-22/h4-17,27H,2,18-19H2,1,3H3/b26-17-. The molecule has 3 aromatic carbocycles. The highest BCUT2D eigenvalue weighted by Crippen LogP contribution is 2.34. The molecule has 0 saturated carbocycles. The summed E-state index contributed by atoms with van der Waals surface area (Å²) >= 11 is 0. The zero-order valence-electron chi connectivity index (χ0n) is 18.8. The monoisotopic (exact) mass is 461 g/mol. The molecule has 3 aromatic rings. The van der Waals surface area contributed by atoms with Crippen LogP contribution in [0.2, 0.25) is 0 Å². The van der Waals surface area contributed by atoms with Gasteiger partial charge in [-0.05, 0) is 54.0 Å². The minimum absolute atomic E-state index is 0.127. The van der Waals surface area contributed by atoms with E-state index in [0.717, 1.165) is 16.7 Å². The molecule has 5 nitrogen and oxygen atoms in total. The van der Waals surface area contributed by atoms with Gasteiger partial charge in [-0.1, -0.05) is 66.7 Å². The molecular formula is C27H27NO4S. The van der Waals surface area contributed by atoms with Crippen LogP contribution < -0.4 is 4.74 Å². The van der Waals surface area contributed by atoms with Gasteiger partial charge in [-0.3, -0.25) is 4.31 Å². The molecule has 0 N–H and O–H groups in total. The van der Waals surface area contributed by atoms with Crippen molar-refractivity contribution in [3.05, 3.63) is 114 Å². The lowest BCUT2D eigenvalue weighted by Crippen LogP contribution is -2.34. The molecule has 1 unspecified atom stereocenters. The van der Waals surface area contributed by atoms with Crippen LogP contribution in [0.4, 0.5) is 0 Å². The molecular weight excluding hydrogens is 434 g/mol. The first-order valence-electron chi connectivity index (χ1n) is 10.7. The molecule has 0 aliphatic carbocycles. The number of sulfonamides is 1. The van der Waals surface area contributed by atoms with Crippen LogP contribution in [0, 0.1) is 6.92 Å². The second-order valence-corrected chi connectivity index (χ2v) is 9.86. The van der Waals surface area contributed by atoms with Crippen molar-refractivity contribution in [1.82, 2.24) is 4.31 Å². The highest BCUT2D eigenvalue weighted by molar-refractivity contribution is 7.89. The van der Waals surface area contributed by atoms with Crippen molar-refractivity contribution >= 4 is 15.7 Å². The van der Waals surface area contributed by atoms with E-state index in [1.165, 1.54) is 4.31 Å². The summed E-state index contributed by atoms with van der Waals surface area (Å²) in [6, 6.07) is 24.0. The van der Waals surface area contributed by atoms with Gasteiger partial charge in [0.2, 0.25) is 0 Å². The number of hydrogen-bond acceptors (Lipinski definition) is 4. The number of aryl methyl sites for hydroxylation is 1. The van der Waals surface area contributed by atoms with Gasteiger partial charge in [-0.2, -0.15) is 0 Å². The summed E-state index contributed by atoms with van der Waals surface area (Å²) < 4.78 is 40.6. The van der Waals surface area contributed by atoms with Gasteiger partial charge in [0, 0.05) is 0 Å². The molecule has 0 radical (unpaired) electrons. The molecule has 33 heavy (non-hydrogen) atoms. The average Bonchev–Trinajstić information content (AvgIpc) is 2.82. The zero-order valence-corrected chi connectivity index (χ0v) is 19.6. The van der Waals surface area contributed by atoms with E-state index in [2.05, 4.69) is 6.58 Å². The molecule has 4 rings (SSSR count). The summed E-state index contributed by atoms with van der Waals surface area (Å²) in [5, 5.41) is 0. The van der Waals surface area contributed by atoms with Crippen molar-refractivity contribution in [1.29, 1.82) is 0 Å². The third-order valence-electron chi connectivity index (χ3n) is 5.51. The van der Waals surface area contributed by atoms with Gasteiger partial charge < -0.3 is 9.47 Å². The SMILES string of the molecule is C=C1COC(c2cccc(OC)c2)/C=C(/c2ccccc2)N(S(=O)(=O)c2ccc(C)cc2)C1. The molecule has 0 fully saturated rings. The van der Waals surface area contributed by atoms with Gasteiger partial charge in [-0.15, -0.1) is 0 Å². The Labute approximate surface area is 195 Å². The lowest BCUT2D eigenvalue weighted by atomic mass is 10.0. The van der Waals surface area contributed by atoms with Gasteiger partial charge >= 0.3 is 0 Å². The number of ether oxygens (including phenoxy) is 2. The number of nitrogens with zero attached hydrogens (tertiary/aromatic N) is 1. The molecule has 0 aromatic heterocycles. The topological polar surface area (TPSA) is 55.8 Å². The van der Waals surface area contributed by atoms with Gasteiger partial charge in [0.15, 0.2) is 0 Å². The van der Waals surface area contributed by atoms with Crippen LogP contribution in [0.1, 0.15) is 22.8 Å². The van der Waals surface area contributed by atoms with Crippen molar-refractivity contribution in [2.45, 2.75) is 17.9 Å².